The number of aryl methyl sites for hydroxylation is 2. The largest absolute Gasteiger partial charge is 0.443 e. The van der Waals surface area contributed by atoms with E-state index in [9.17, 15) is 13.2 Å². The molecule has 5 nitrogen and oxygen atoms in total. The van der Waals surface area contributed by atoms with Gasteiger partial charge in [0.1, 0.15) is 4.88 Å². The molecule has 3 aromatic rings. The molecule has 22 heavy (non-hydrogen) atoms. The van der Waals surface area contributed by atoms with Crippen LogP contribution in [-0.2, 0) is 12.6 Å². The molecule has 0 radical (unpaired) electrons. The van der Waals surface area contributed by atoms with Gasteiger partial charge in [-0.15, -0.1) is 22.7 Å². The van der Waals surface area contributed by atoms with Gasteiger partial charge in [-0.2, -0.15) is 18.2 Å². The van der Waals surface area contributed by atoms with Gasteiger partial charge in [0.05, 0.1) is 22.8 Å². The van der Waals surface area contributed by atoms with Crippen LogP contribution >= 0.6 is 22.7 Å². The molecule has 3 aromatic heterocycles. The lowest BCUT2D eigenvalue weighted by molar-refractivity contribution is -0.137. The van der Waals surface area contributed by atoms with Crippen LogP contribution in [0, 0.1) is 13.8 Å². The maximum atomic E-state index is 12.7. The van der Waals surface area contributed by atoms with E-state index in [0.717, 1.165) is 10.7 Å². The third-order valence-corrected chi connectivity index (χ3v) is 4.72. The molecule has 0 aliphatic rings. The minimum atomic E-state index is -4.48. The molecular weight excluding hydrogens is 337 g/mol. The third-order valence-electron chi connectivity index (χ3n) is 2.71. The maximum absolute atomic E-state index is 12.7. The van der Waals surface area contributed by atoms with E-state index in [2.05, 4.69) is 20.1 Å². The van der Waals surface area contributed by atoms with Crippen molar-refractivity contribution in [1.82, 2.24) is 20.1 Å². The summed E-state index contributed by atoms with van der Waals surface area (Å²) in [6.07, 6.45) is -4.10. The van der Waals surface area contributed by atoms with Crippen molar-refractivity contribution in [3.8, 4) is 10.8 Å². The van der Waals surface area contributed by atoms with E-state index in [1.54, 1.807) is 0 Å². The van der Waals surface area contributed by atoms with Crippen LogP contribution in [0.4, 0.5) is 13.2 Å². The van der Waals surface area contributed by atoms with Gasteiger partial charge in [0.15, 0.2) is 10.8 Å². The Morgan fingerprint density at radius 1 is 1.18 bits per heavy atom. The zero-order valence-corrected chi connectivity index (χ0v) is 13.1. The monoisotopic (exact) mass is 346 g/mol. The van der Waals surface area contributed by atoms with Gasteiger partial charge in [0.25, 0.3) is 5.89 Å². The Kier molecular flexibility index (Phi) is 3.73. The topological polar surface area (TPSA) is 64.7 Å². The highest BCUT2D eigenvalue weighted by molar-refractivity contribution is 7.15. The minimum Gasteiger partial charge on any atom is -0.333 e. The van der Waals surface area contributed by atoms with E-state index < -0.39 is 11.2 Å². The van der Waals surface area contributed by atoms with E-state index in [1.807, 2.05) is 12.3 Å². The maximum Gasteiger partial charge on any atom is 0.443 e. The predicted molar refractivity (Wildman–Crippen MR) is 74.8 cm³/mol. The molecule has 0 aromatic carbocycles. The Balaban J connectivity index is 1.86. The van der Waals surface area contributed by atoms with Gasteiger partial charge in [-0.05, 0) is 13.8 Å². The van der Waals surface area contributed by atoms with Gasteiger partial charge in [-0.1, -0.05) is 5.16 Å². The van der Waals surface area contributed by atoms with Crippen LogP contribution < -0.4 is 0 Å². The second kappa shape index (κ2) is 5.43. The Bertz CT molecular complexity index is 806. The molecule has 0 amide bonds. The standard InChI is InChI=1S/C12H9F3N4OS2/c1-5-9(22-11(16-5)12(13,14)15)10-18-8(19-20-10)3-7-4-21-6(2)17-7/h4H,3H2,1-2H3. The zero-order valence-electron chi connectivity index (χ0n) is 11.4. The fraction of sp³-hybridized carbons (Fsp3) is 0.333. The molecule has 0 saturated carbocycles. The average molecular weight is 346 g/mol. The zero-order chi connectivity index (χ0) is 15.9. The van der Waals surface area contributed by atoms with Crippen molar-refractivity contribution in [2.75, 3.05) is 0 Å². The number of hydrogen-bond acceptors (Lipinski definition) is 7. The molecule has 0 aliphatic heterocycles. The van der Waals surface area contributed by atoms with Crippen molar-refractivity contribution < 1.29 is 17.7 Å². The number of thiazole rings is 2. The summed E-state index contributed by atoms with van der Waals surface area (Å²) in [6.45, 7) is 3.36. The van der Waals surface area contributed by atoms with E-state index in [1.165, 1.54) is 18.3 Å². The molecule has 0 N–H and O–H groups in total. The van der Waals surface area contributed by atoms with Crippen LogP contribution in [-0.4, -0.2) is 20.1 Å². The van der Waals surface area contributed by atoms with Gasteiger partial charge >= 0.3 is 6.18 Å². The lowest BCUT2D eigenvalue weighted by Gasteiger charge is -1.98. The normalized spacial score (nSPS) is 12.0. The lowest BCUT2D eigenvalue weighted by Crippen LogP contribution is -2.03. The molecule has 0 atom stereocenters. The first-order valence-corrected chi connectivity index (χ1v) is 7.81. The minimum absolute atomic E-state index is 0.0486. The quantitative estimate of drug-likeness (QED) is 0.720. The van der Waals surface area contributed by atoms with Crippen molar-refractivity contribution >= 4 is 22.7 Å². The van der Waals surface area contributed by atoms with Gasteiger partial charge in [0.2, 0.25) is 0 Å². The van der Waals surface area contributed by atoms with Gasteiger partial charge in [-0.25, -0.2) is 9.97 Å². The van der Waals surface area contributed by atoms with E-state index in [-0.39, 0.29) is 16.5 Å². The molecule has 0 unspecified atom stereocenters. The molecule has 3 heterocycles. The van der Waals surface area contributed by atoms with Gasteiger partial charge < -0.3 is 4.52 Å². The molecule has 3 rings (SSSR count). The highest BCUT2D eigenvalue weighted by Crippen LogP contribution is 2.37. The summed E-state index contributed by atoms with van der Waals surface area (Å²) >= 11 is 2.00. The van der Waals surface area contributed by atoms with Crippen molar-refractivity contribution in [1.29, 1.82) is 0 Å². The predicted octanol–water partition coefficient (Wildman–Crippen LogP) is 3.88. The number of halogens is 3. The summed E-state index contributed by atoms with van der Waals surface area (Å²) in [5, 5.41) is 5.67. The number of rotatable bonds is 3. The summed E-state index contributed by atoms with van der Waals surface area (Å²) < 4.78 is 43.1. The van der Waals surface area contributed by atoms with Crippen molar-refractivity contribution in [3.05, 3.63) is 32.6 Å². The summed E-state index contributed by atoms with van der Waals surface area (Å²) in [7, 11) is 0. The van der Waals surface area contributed by atoms with Crippen LogP contribution in [0.5, 0.6) is 0 Å². The van der Waals surface area contributed by atoms with Crippen molar-refractivity contribution in [2.24, 2.45) is 0 Å². The molecule has 0 spiro atoms. The second-order valence-electron chi connectivity index (χ2n) is 4.48. The lowest BCUT2D eigenvalue weighted by atomic mass is 10.3. The number of aromatic nitrogens is 4. The fourth-order valence-corrected chi connectivity index (χ4v) is 3.25. The molecule has 0 saturated heterocycles. The summed E-state index contributed by atoms with van der Waals surface area (Å²) in [4.78, 5) is 12.2. The molecular formula is C12H9F3N4OS2. The Morgan fingerprint density at radius 3 is 2.55 bits per heavy atom. The van der Waals surface area contributed by atoms with Crippen LogP contribution in [0.2, 0.25) is 0 Å². The third kappa shape index (κ3) is 3.02. The van der Waals surface area contributed by atoms with Crippen molar-refractivity contribution in [3.63, 3.8) is 0 Å². The van der Waals surface area contributed by atoms with Crippen LogP contribution in [0.15, 0.2) is 9.90 Å². The van der Waals surface area contributed by atoms with Gasteiger partial charge in [-0.3, -0.25) is 0 Å². The first kappa shape index (κ1) is 15.1. The smallest absolute Gasteiger partial charge is 0.333 e. The summed E-state index contributed by atoms with van der Waals surface area (Å²) in [5.74, 6) is 0.425. The van der Waals surface area contributed by atoms with E-state index >= 15 is 0 Å². The molecule has 0 fully saturated rings. The molecule has 0 bridgehead atoms. The molecule has 116 valence electrons. The fourth-order valence-electron chi connectivity index (χ4n) is 1.79. The Labute approximate surface area is 130 Å². The average Bonchev–Trinajstić information content (AvgIpc) is 3.10. The second-order valence-corrected chi connectivity index (χ2v) is 6.54. The van der Waals surface area contributed by atoms with Crippen LogP contribution in [0.1, 0.15) is 27.2 Å². The Morgan fingerprint density at radius 2 is 1.95 bits per heavy atom. The summed E-state index contributed by atoms with van der Waals surface area (Å²) in [6, 6.07) is 0. The highest BCUT2D eigenvalue weighted by Gasteiger charge is 2.36. The van der Waals surface area contributed by atoms with E-state index in [4.69, 9.17) is 4.52 Å². The first-order chi connectivity index (χ1) is 10.3. The number of nitrogens with zero attached hydrogens (tertiary/aromatic N) is 4. The van der Waals surface area contributed by atoms with Gasteiger partial charge in [0, 0.05) is 5.38 Å². The highest BCUT2D eigenvalue weighted by atomic mass is 32.1. The van der Waals surface area contributed by atoms with E-state index in [0.29, 0.717) is 23.6 Å². The molecule has 10 heteroatoms. The molecule has 0 aliphatic carbocycles. The van der Waals surface area contributed by atoms with Crippen molar-refractivity contribution in [2.45, 2.75) is 26.4 Å². The van der Waals surface area contributed by atoms with Crippen LogP contribution in [0.25, 0.3) is 10.8 Å². The Hall–Kier alpha value is -1.81. The number of alkyl halides is 3. The number of hydrogen-bond donors (Lipinski definition) is 0. The SMILES string of the molecule is Cc1nc(Cc2noc(-c3sc(C(F)(F)F)nc3C)n2)cs1. The van der Waals surface area contributed by atoms with Crippen LogP contribution in [0.3, 0.4) is 0 Å². The summed E-state index contributed by atoms with van der Waals surface area (Å²) in [5.41, 5.74) is 1.02. The first-order valence-electron chi connectivity index (χ1n) is 6.11.